The minimum absolute atomic E-state index is 0.0841. The van der Waals surface area contributed by atoms with Crippen LogP contribution in [0.25, 0.3) is 0 Å². The first-order valence-electron chi connectivity index (χ1n) is 5.93. The van der Waals surface area contributed by atoms with Crippen molar-refractivity contribution in [1.29, 1.82) is 0 Å². The van der Waals surface area contributed by atoms with Crippen LogP contribution in [0, 0.1) is 6.92 Å². The molecule has 0 radical (unpaired) electrons. The Labute approximate surface area is 114 Å². The minimum Gasteiger partial charge on any atom is -0.493 e. The molecule has 1 aromatic rings. The second-order valence-electron chi connectivity index (χ2n) is 4.66. The van der Waals surface area contributed by atoms with Gasteiger partial charge in [-0.2, -0.15) is 0 Å². The number of methoxy groups -OCH3 is 2. The van der Waals surface area contributed by atoms with E-state index in [1.165, 1.54) is 6.26 Å². The maximum atomic E-state index is 11.3. The first-order valence-corrected chi connectivity index (χ1v) is 7.99. The van der Waals surface area contributed by atoms with Gasteiger partial charge in [-0.05, 0) is 25.5 Å². The van der Waals surface area contributed by atoms with Crippen LogP contribution >= 0.6 is 0 Å². The summed E-state index contributed by atoms with van der Waals surface area (Å²) in [6.45, 7) is 3.76. The van der Waals surface area contributed by atoms with Crippen molar-refractivity contribution in [2.75, 3.05) is 31.5 Å². The molecule has 0 aliphatic rings. The summed E-state index contributed by atoms with van der Waals surface area (Å²) in [4.78, 5) is 0. The Morgan fingerprint density at radius 3 is 2.21 bits per heavy atom. The van der Waals surface area contributed by atoms with E-state index in [0.717, 1.165) is 11.3 Å². The van der Waals surface area contributed by atoms with Gasteiger partial charge >= 0.3 is 0 Å². The largest absolute Gasteiger partial charge is 0.493 e. The summed E-state index contributed by atoms with van der Waals surface area (Å²) < 4.78 is 33.0. The molecule has 1 aromatic carbocycles. The van der Waals surface area contributed by atoms with E-state index >= 15 is 0 Å². The minimum atomic E-state index is -3.00. The van der Waals surface area contributed by atoms with Gasteiger partial charge in [-0.3, -0.25) is 0 Å². The number of aryl methyl sites for hydroxylation is 1. The topological polar surface area (TPSA) is 64.6 Å². The fourth-order valence-corrected chi connectivity index (χ4v) is 2.89. The Balaban J connectivity index is 2.95. The molecule has 0 bridgehead atoms. The predicted molar refractivity (Wildman–Crippen MR) is 77.1 cm³/mol. The highest BCUT2D eigenvalue weighted by atomic mass is 32.2. The smallest absolute Gasteiger partial charge is 0.162 e. The van der Waals surface area contributed by atoms with Gasteiger partial charge in [-0.25, -0.2) is 8.42 Å². The van der Waals surface area contributed by atoms with E-state index in [9.17, 15) is 8.42 Å². The van der Waals surface area contributed by atoms with Gasteiger partial charge in [0.25, 0.3) is 0 Å². The number of hydrogen-bond donors (Lipinski definition) is 1. The van der Waals surface area contributed by atoms with E-state index in [0.29, 0.717) is 11.5 Å². The van der Waals surface area contributed by atoms with Gasteiger partial charge in [-0.1, -0.05) is 0 Å². The molecule has 0 saturated carbocycles. The van der Waals surface area contributed by atoms with Crippen LogP contribution in [0.4, 0.5) is 5.69 Å². The number of rotatable bonds is 6. The number of hydrogen-bond acceptors (Lipinski definition) is 5. The van der Waals surface area contributed by atoms with E-state index in [1.807, 2.05) is 26.0 Å². The Hall–Kier alpha value is -1.43. The van der Waals surface area contributed by atoms with Crippen molar-refractivity contribution in [2.45, 2.75) is 19.9 Å². The zero-order chi connectivity index (χ0) is 14.6. The van der Waals surface area contributed by atoms with Crippen LogP contribution in [-0.2, 0) is 9.84 Å². The molecule has 1 unspecified atom stereocenters. The number of ether oxygens (including phenoxy) is 2. The molecule has 108 valence electrons. The Bertz CT molecular complexity index is 540. The highest BCUT2D eigenvalue weighted by molar-refractivity contribution is 7.90. The summed E-state index contributed by atoms with van der Waals surface area (Å²) in [6, 6.07) is 3.49. The first kappa shape index (κ1) is 15.6. The maximum Gasteiger partial charge on any atom is 0.162 e. The normalized spacial score (nSPS) is 12.9. The average molecular weight is 287 g/mol. The van der Waals surface area contributed by atoms with Gasteiger partial charge in [0.1, 0.15) is 9.84 Å². The molecule has 0 aliphatic carbocycles. The highest BCUT2D eigenvalue weighted by Gasteiger charge is 2.13. The van der Waals surface area contributed by atoms with Crippen molar-refractivity contribution in [1.82, 2.24) is 0 Å². The van der Waals surface area contributed by atoms with Crippen molar-refractivity contribution < 1.29 is 17.9 Å². The van der Waals surface area contributed by atoms with Crippen molar-refractivity contribution in [2.24, 2.45) is 0 Å². The fourth-order valence-electron chi connectivity index (χ4n) is 1.90. The fraction of sp³-hybridized carbons (Fsp3) is 0.538. The van der Waals surface area contributed by atoms with E-state index < -0.39 is 9.84 Å². The van der Waals surface area contributed by atoms with Crippen molar-refractivity contribution in [3.8, 4) is 11.5 Å². The molecule has 0 spiro atoms. The van der Waals surface area contributed by atoms with Gasteiger partial charge in [0.05, 0.1) is 20.0 Å². The lowest BCUT2D eigenvalue weighted by atomic mass is 10.1. The first-order chi connectivity index (χ1) is 8.76. The second-order valence-corrected chi connectivity index (χ2v) is 6.84. The number of nitrogens with one attached hydrogen (secondary N) is 1. The van der Waals surface area contributed by atoms with Crippen molar-refractivity contribution in [3.63, 3.8) is 0 Å². The van der Waals surface area contributed by atoms with Crippen LogP contribution in [0.3, 0.4) is 0 Å². The van der Waals surface area contributed by atoms with E-state index in [4.69, 9.17) is 9.47 Å². The van der Waals surface area contributed by atoms with Crippen molar-refractivity contribution in [3.05, 3.63) is 17.7 Å². The van der Waals surface area contributed by atoms with E-state index in [-0.39, 0.29) is 11.8 Å². The lowest BCUT2D eigenvalue weighted by molar-refractivity contribution is 0.355. The van der Waals surface area contributed by atoms with Gasteiger partial charge < -0.3 is 14.8 Å². The van der Waals surface area contributed by atoms with Crippen LogP contribution in [-0.4, -0.2) is 40.7 Å². The lowest BCUT2D eigenvalue weighted by Crippen LogP contribution is -2.25. The Morgan fingerprint density at radius 1 is 1.21 bits per heavy atom. The zero-order valence-electron chi connectivity index (χ0n) is 12.0. The molecule has 0 aromatic heterocycles. The van der Waals surface area contributed by atoms with Crippen molar-refractivity contribution >= 4 is 15.5 Å². The van der Waals surface area contributed by atoms with Gasteiger partial charge in [0, 0.05) is 24.1 Å². The summed E-state index contributed by atoms with van der Waals surface area (Å²) in [6.07, 6.45) is 1.23. The van der Waals surface area contributed by atoms with Gasteiger partial charge in [-0.15, -0.1) is 0 Å². The van der Waals surface area contributed by atoms with E-state index in [2.05, 4.69) is 5.32 Å². The molecular formula is C13H21NO4S. The molecule has 0 fully saturated rings. The monoisotopic (exact) mass is 287 g/mol. The van der Waals surface area contributed by atoms with Crippen LogP contribution in [0.15, 0.2) is 12.1 Å². The molecule has 6 heteroatoms. The molecule has 0 aliphatic heterocycles. The molecule has 5 nitrogen and oxygen atoms in total. The molecule has 1 rings (SSSR count). The molecule has 0 saturated heterocycles. The molecule has 0 heterocycles. The standard InChI is InChI=1S/C13H21NO4S/c1-9-6-12(17-3)13(18-4)7-11(9)14-10(2)8-19(5,15)16/h6-7,10,14H,8H2,1-5H3. The summed E-state index contributed by atoms with van der Waals surface area (Å²) in [5, 5.41) is 3.18. The highest BCUT2D eigenvalue weighted by Crippen LogP contribution is 2.33. The molecule has 1 N–H and O–H groups in total. The number of benzene rings is 1. The summed E-state index contributed by atoms with van der Waals surface area (Å²) in [5.74, 6) is 1.35. The van der Waals surface area contributed by atoms with Crippen LogP contribution in [0.1, 0.15) is 12.5 Å². The average Bonchev–Trinajstić information content (AvgIpc) is 2.28. The second kappa shape index (κ2) is 6.14. The third-order valence-electron chi connectivity index (χ3n) is 2.69. The van der Waals surface area contributed by atoms with Crippen LogP contribution < -0.4 is 14.8 Å². The Morgan fingerprint density at radius 2 is 1.74 bits per heavy atom. The third-order valence-corrected chi connectivity index (χ3v) is 3.79. The quantitative estimate of drug-likeness (QED) is 0.865. The zero-order valence-corrected chi connectivity index (χ0v) is 12.8. The van der Waals surface area contributed by atoms with Gasteiger partial charge in [0.15, 0.2) is 11.5 Å². The maximum absolute atomic E-state index is 11.3. The number of anilines is 1. The number of sulfone groups is 1. The molecule has 1 atom stereocenters. The summed E-state index contributed by atoms with van der Waals surface area (Å²) in [7, 11) is 0.143. The molecule has 19 heavy (non-hydrogen) atoms. The van der Waals surface area contributed by atoms with Crippen LogP contribution in [0.5, 0.6) is 11.5 Å². The summed E-state index contributed by atoms with van der Waals surface area (Å²) >= 11 is 0. The predicted octanol–water partition coefficient (Wildman–Crippen LogP) is 1.86. The van der Waals surface area contributed by atoms with Gasteiger partial charge in [0.2, 0.25) is 0 Å². The van der Waals surface area contributed by atoms with E-state index in [1.54, 1.807) is 14.2 Å². The molecular weight excluding hydrogens is 266 g/mol. The van der Waals surface area contributed by atoms with Crippen LogP contribution in [0.2, 0.25) is 0 Å². The summed E-state index contributed by atoms with van der Waals surface area (Å²) in [5.41, 5.74) is 1.81. The Kier molecular flexibility index (Phi) is 5.05. The SMILES string of the molecule is COc1cc(C)c(NC(C)CS(C)(=O)=O)cc1OC. The lowest BCUT2D eigenvalue weighted by Gasteiger charge is -2.18. The third kappa shape index (κ3) is 4.63. The molecule has 0 amide bonds.